The summed E-state index contributed by atoms with van der Waals surface area (Å²) in [7, 11) is 1.78. The maximum absolute atomic E-state index is 5.15. The van der Waals surface area contributed by atoms with Crippen molar-refractivity contribution in [3.8, 4) is 0 Å². The molecule has 0 amide bonds. The molecule has 0 aliphatic carbocycles. The van der Waals surface area contributed by atoms with E-state index < -0.39 is 0 Å². The van der Waals surface area contributed by atoms with Crippen molar-refractivity contribution < 1.29 is 4.74 Å². The largest absolute Gasteiger partial charge is 0.383 e. The molecule has 1 aromatic carbocycles. The van der Waals surface area contributed by atoms with E-state index in [1.807, 2.05) is 0 Å². The molecule has 2 rings (SSSR count). The van der Waals surface area contributed by atoms with E-state index in [1.54, 1.807) is 7.11 Å². The van der Waals surface area contributed by atoms with Crippen LogP contribution in [0, 0.1) is 0 Å². The van der Waals surface area contributed by atoms with E-state index in [0.29, 0.717) is 6.04 Å². The van der Waals surface area contributed by atoms with Crippen molar-refractivity contribution in [3.05, 3.63) is 35.9 Å². The maximum Gasteiger partial charge on any atom is 0.0589 e. The number of hydrogen-bond donors (Lipinski definition) is 0. The van der Waals surface area contributed by atoms with Gasteiger partial charge in [0.2, 0.25) is 0 Å². The number of hydrogen-bond acceptors (Lipinski definition) is 3. The molecular weight excluding hydrogens is 248 g/mol. The molecule has 1 aliphatic rings. The summed E-state index contributed by atoms with van der Waals surface area (Å²) in [6, 6.07) is 11.5. The van der Waals surface area contributed by atoms with Crippen LogP contribution in [0.5, 0.6) is 0 Å². The van der Waals surface area contributed by atoms with Crippen LogP contribution in [0.15, 0.2) is 30.3 Å². The SMILES string of the molecule is COCCN1CCN(C(C)CCc2ccccc2)CC1. The zero-order valence-electron chi connectivity index (χ0n) is 12.9. The summed E-state index contributed by atoms with van der Waals surface area (Å²) in [6.45, 7) is 9.04. The highest BCUT2D eigenvalue weighted by Crippen LogP contribution is 2.12. The number of rotatable bonds is 7. The van der Waals surface area contributed by atoms with E-state index in [1.165, 1.54) is 44.6 Å². The van der Waals surface area contributed by atoms with Gasteiger partial charge < -0.3 is 4.74 Å². The topological polar surface area (TPSA) is 15.7 Å². The monoisotopic (exact) mass is 276 g/mol. The van der Waals surface area contributed by atoms with Crippen molar-refractivity contribution in [2.24, 2.45) is 0 Å². The Labute approximate surface area is 123 Å². The summed E-state index contributed by atoms with van der Waals surface area (Å²) in [4.78, 5) is 5.14. The van der Waals surface area contributed by atoms with E-state index in [2.05, 4.69) is 47.1 Å². The Morgan fingerprint density at radius 2 is 1.80 bits per heavy atom. The molecule has 3 nitrogen and oxygen atoms in total. The van der Waals surface area contributed by atoms with Crippen LogP contribution in [0.25, 0.3) is 0 Å². The average molecular weight is 276 g/mol. The minimum atomic E-state index is 0.680. The van der Waals surface area contributed by atoms with Gasteiger partial charge in [-0.3, -0.25) is 9.80 Å². The standard InChI is InChI=1S/C17H28N2O/c1-16(8-9-17-6-4-3-5-7-17)19-12-10-18(11-13-19)14-15-20-2/h3-7,16H,8-15H2,1-2H3. The second kappa shape index (κ2) is 8.40. The van der Waals surface area contributed by atoms with Gasteiger partial charge in [0.05, 0.1) is 6.61 Å². The first-order valence-corrected chi connectivity index (χ1v) is 7.79. The molecule has 0 aromatic heterocycles. The molecule has 0 saturated carbocycles. The predicted molar refractivity (Wildman–Crippen MR) is 84.1 cm³/mol. The van der Waals surface area contributed by atoms with E-state index in [4.69, 9.17) is 4.74 Å². The molecule has 1 fully saturated rings. The fourth-order valence-corrected chi connectivity index (χ4v) is 2.85. The molecule has 0 radical (unpaired) electrons. The third-order valence-electron chi connectivity index (χ3n) is 4.34. The highest BCUT2D eigenvalue weighted by Gasteiger charge is 2.20. The first-order valence-electron chi connectivity index (χ1n) is 7.79. The zero-order chi connectivity index (χ0) is 14.2. The van der Waals surface area contributed by atoms with Gasteiger partial charge in [-0.15, -0.1) is 0 Å². The van der Waals surface area contributed by atoms with Gasteiger partial charge in [-0.2, -0.15) is 0 Å². The second-order valence-electron chi connectivity index (χ2n) is 5.74. The van der Waals surface area contributed by atoms with Crippen LogP contribution < -0.4 is 0 Å². The average Bonchev–Trinajstić information content (AvgIpc) is 2.52. The van der Waals surface area contributed by atoms with Crippen molar-refractivity contribution in [1.29, 1.82) is 0 Å². The molecule has 1 saturated heterocycles. The van der Waals surface area contributed by atoms with Gasteiger partial charge in [0.15, 0.2) is 0 Å². The van der Waals surface area contributed by atoms with Crippen molar-refractivity contribution in [2.45, 2.75) is 25.8 Å². The number of nitrogens with zero attached hydrogens (tertiary/aromatic N) is 2. The third kappa shape index (κ3) is 4.89. The van der Waals surface area contributed by atoms with Crippen molar-refractivity contribution in [1.82, 2.24) is 9.80 Å². The Hall–Kier alpha value is -0.900. The molecule has 1 heterocycles. The van der Waals surface area contributed by atoms with Gasteiger partial charge in [-0.1, -0.05) is 30.3 Å². The normalized spacial score (nSPS) is 19.1. The van der Waals surface area contributed by atoms with Crippen LogP contribution in [0.1, 0.15) is 18.9 Å². The number of aryl methyl sites for hydroxylation is 1. The van der Waals surface area contributed by atoms with Crippen LogP contribution >= 0.6 is 0 Å². The van der Waals surface area contributed by atoms with Gasteiger partial charge >= 0.3 is 0 Å². The minimum Gasteiger partial charge on any atom is -0.383 e. The van der Waals surface area contributed by atoms with Gasteiger partial charge in [0, 0.05) is 45.9 Å². The summed E-state index contributed by atoms with van der Waals surface area (Å²) < 4.78 is 5.15. The highest BCUT2D eigenvalue weighted by atomic mass is 16.5. The Morgan fingerprint density at radius 1 is 1.10 bits per heavy atom. The number of ether oxygens (including phenoxy) is 1. The number of methoxy groups -OCH3 is 1. The summed E-state index contributed by atoms with van der Waals surface area (Å²) in [5.41, 5.74) is 1.46. The fourth-order valence-electron chi connectivity index (χ4n) is 2.85. The Balaban J connectivity index is 1.68. The van der Waals surface area contributed by atoms with E-state index >= 15 is 0 Å². The van der Waals surface area contributed by atoms with Crippen molar-refractivity contribution >= 4 is 0 Å². The molecule has 1 aliphatic heterocycles. The van der Waals surface area contributed by atoms with Crippen molar-refractivity contribution in [3.63, 3.8) is 0 Å². The first-order chi connectivity index (χ1) is 9.79. The molecule has 0 bridgehead atoms. The molecule has 112 valence electrons. The molecule has 20 heavy (non-hydrogen) atoms. The van der Waals surface area contributed by atoms with Crippen LogP contribution in [0.4, 0.5) is 0 Å². The third-order valence-corrected chi connectivity index (χ3v) is 4.34. The highest BCUT2D eigenvalue weighted by molar-refractivity contribution is 5.14. The van der Waals surface area contributed by atoms with Gasteiger partial charge in [0.1, 0.15) is 0 Å². The predicted octanol–water partition coefficient (Wildman–Crippen LogP) is 2.27. The van der Waals surface area contributed by atoms with E-state index in [9.17, 15) is 0 Å². The minimum absolute atomic E-state index is 0.680. The van der Waals surface area contributed by atoms with Gasteiger partial charge in [0.25, 0.3) is 0 Å². The lowest BCUT2D eigenvalue weighted by atomic mass is 10.0. The lowest BCUT2D eigenvalue weighted by Crippen LogP contribution is -2.50. The van der Waals surface area contributed by atoms with E-state index in [-0.39, 0.29) is 0 Å². The van der Waals surface area contributed by atoms with Crippen molar-refractivity contribution in [2.75, 3.05) is 46.4 Å². The maximum atomic E-state index is 5.15. The molecular formula is C17H28N2O. The lowest BCUT2D eigenvalue weighted by Gasteiger charge is -2.38. The van der Waals surface area contributed by atoms with Crippen LogP contribution in [0.2, 0.25) is 0 Å². The lowest BCUT2D eigenvalue weighted by molar-refractivity contribution is 0.0767. The second-order valence-corrected chi connectivity index (χ2v) is 5.74. The zero-order valence-corrected chi connectivity index (χ0v) is 12.9. The number of piperazine rings is 1. The Morgan fingerprint density at radius 3 is 2.45 bits per heavy atom. The molecule has 1 unspecified atom stereocenters. The van der Waals surface area contributed by atoms with Gasteiger partial charge in [-0.05, 0) is 25.3 Å². The summed E-state index contributed by atoms with van der Waals surface area (Å²) in [5.74, 6) is 0. The Bertz CT molecular complexity index is 361. The quantitative estimate of drug-likeness (QED) is 0.760. The van der Waals surface area contributed by atoms with Crippen LogP contribution in [0.3, 0.4) is 0 Å². The smallest absolute Gasteiger partial charge is 0.0589 e. The summed E-state index contributed by atoms with van der Waals surface area (Å²) in [5, 5.41) is 0. The fraction of sp³-hybridized carbons (Fsp3) is 0.647. The molecule has 1 atom stereocenters. The van der Waals surface area contributed by atoms with Gasteiger partial charge in [-0.25, -0.2) is 0 Å². The molecule has 0 N–H and O–H groups in total. The summed E-state index contributed by atoms with van der Waals surface area (Å²) >= 11 is 0. The molecule has 0 spiro atoms. The molecule has 1 aromatic rings. The summed E-state index contributed by atoms with van der Waals surface area (Å²) in [6.07, 6.45) is 2.44. The van der Waals surface area contributed by atoms with E-state index in [0.717, 1.165) is 13.2 Å². The first kappa shape index (κ1) is 15.5. The Kier molecular flexibility index (Phi) is 6.51. The van der Waals surface area contributed by atoms with Crippen LogP contribution in [-0.2, 0) is 11.2 Å². The van der Waals surface area contributed by atoms with Crippen LogP contribution in [-0.4, -0.2) is 62.3 Å². The number of benzene rings is 1. The molecule has 3 heteroatoms.